The van der Waals surface area contributed by atoms with Gasteiger partial charge in [0.05, 0.1) is 5.56 Å². The first-order valence-electron chi connectivity index (χ1n) is 8.72. The Hall–Kier alpha value is -3.40. The Kier molecular flexibility index (Phi) is 6.36. The molecule has 156 valence electrons. The second-order valence-corrected chi connectivity index (χ2v) is 7.03. The average molecular weight is 435 g/mol. The molecule has 3 N–H and O–H groups in total. The Morgan fingerprint density at radius 2 is 1.67 bits per heavy atom. The van der Waals surface area contributed by atoms with Gasteiger partial charge in [-0.25, -0.2) is 4.98 Å². The van der Waals surface area contributed by atoms with Gasteiger partial charge in [-0.15, -0.1) is 11.3 Å². The number of amides is 2. The first-order chi connectivity index (χ1) is 14.2. The van der Waals surface area contributed by atoms with Crippen molar-refractivity contribution in [2.24, 2.45) is 0 Å². The minimum Gasteiger partial charge on any atom is -0.508 e. The Balaban J connectivity index is 1.53. The molecule has 0 aliphatic carbocycles. The van der Waals surface area contributed by atoms with E-state index >= 15 is 0 Å². The van der Waals surface area contributed by atoms with Gasteiger partial charge in [0, 0.05) is 29.6 Å². The number of carbonyl (C=O) groups excluding carboxylic acids is 2. The number of rotatable bonds is 6. The monoisotopic (exact) mass is 435 g/mol. The lowest BCUT2D eigenvalue weighted by molar-refractivity contribution is -0.137. The zero-order valence-corrected chi connectivity index (χ0v) is 16.2. The minimum absolute atomic E-state index is 0.0478. The molecule has 2 aromatic carbocycles. The molecule has 3 aromatic rings. The zero-order chi connectivity index (χ0) is 21.7. The molecule has 0 unspecified atom stereocenters. The SMILES string of the molecule is O=C(NCCNC(=O)c1csc(-c2cccc(C(F)(F)F)c2)n1)c1ccc(O)cc1. The molecule has 0 fully saturated rings. The number of hydrogen-bond acceptors (Lipinski definition) is 5. The van der Waals surface area contributed by atoms with E-state index < -0.39 is 17.6 Å². The number of alkyl halides is 3. The molecule has 0 saturated carbocycles. The fourth-order valence-corrected chi connectivity index (χ4v) is 3.29. The molecule has 0 spiro atoms. The van der Waals surface area contributed by atoms with Crippen LogP contribution < -0.4 is 10.6 Å². The lowest BCUT2D eigenvalue weighted by atomic mass is 10.1. The maximum absolute atomic E-state index is 12.9. The number of aromatic nitrogens is 1. The van der Waals surface area contributed by atoms with Gasteiger partial charge in [-0.1, -0.05) is 12.1 Å². The molecule has 10 heteroatoms. The van der Waals surface area contributed by atoms with Crippen molar-refractivity contribution >= 4 is 23.2 Å². The molecule has 0 atom stereocenters. The Labute approximate surface area is 173 Å². The van der Waals surface area contributed by atoms with Crippen molar-refractivity contribution in [3.05, 3.63) is 70.7 Å². The third-order valence-corrected chi connectivity index (χ3v) is 4.89. The number of hydrogen-bond donors (Lipinski definition) is 3. The molecule has 0 saturated heterocycles. The first-order valence-corrected chi connectivity index (χ1v) is 9.60. The summed E-state index contributed by atoms with van der Waals surface area (Å²) in [4.78, 5) is 28.2. The second-order valence-electron chi connectivity index (χ2n) is 6.18. The summed E-state index contributed by atoms with van der Waals surface area (Å²) in [5.74, 6) is -0.806. The summed E-state index contributed by atoms with van der Waals surface area (Å²) < 4.78 is 38.6. The van der Waals surface area contributed by atoms with Crippen molar-refractivity contribution in [1.82, 2.24) is 15.6 Å². The second kappa shape index (κ2) is 8.95. The zero-order valence-electron chi connectivity index (χ0n) is 15.4. The number of carbonyl (C=O) groups is 2. The number of benzene rings is 2. The van der Waals surface area contributed by atoms with E-state index in [1.807, 2.05) is 0 Å². The molecule has 1 heterocycles. The van der Waals surface area contributed by atoms with Crippen LogP contribution in [0.15, 0.2) is 53.9 Å². The maximum Gasteiger partial charge on any atom is 0.416 e. The highest BCUT2D eigenvalue weighted by atomic mass is 32.1. The number of nitrogens with zero attached hydrogens (tertiary/aromatic N) is 1. The van der Waals surface area contributed by atoms with E-state index in [4.69, 9.17) is 0 Å². The van der Waals surface area contributed by atoms with Crippen LogP contribution >= 0.6 is 11.3 Å². The van der Waals surface area contributed by atoms with Crippen molar-refractivity contribution in [1.29, 1.82) is 0 Å². The number of thiazole rings is 1. The predicted molar refractivity (Wildman–Crippen MR) is 105 cm³/mol. The highest BCUT2D eigenvalue weighted by Crippen LogP contribution is 2.33. The standard InChI is InChI=1S/C20H16F3N3O3S/c21-20(22,23)14-3-1-2-13(10-14)19-26-16(11-30-19)18(29)25-9-8-24-17(28)12-4-6-15(27)7-5-12/h1-7,10-11,27H,8-9H2,(H,24,28)(H,25,29). The third kappa shape index (κ3) is 5.35. The van der Waals surface area contributed by atoms with Crippen LogP contribution in [0.1, 0.15) is 26.4 Å². The number of nitrogens with one attached hydrogen (secondary N) is 2. The van der Waals surface area contributed by atoms with Crippen LogP contribution in [0, 0.1) is 0 Å². The van der Waals surface area contributed by atoms with Gasteiger partial charge < -0.3 is 15.7 Å². The number of phenols is 1. The fourth-order valence-electron chi connectivity index (χ4n) is 2.50. The van der Waals surface area contributed by atoms with Crippen LogP contribution in [0.2, 0.25) is 0 Å². The summed E-state index contributed by atoms with van der Waals surface area (Å²) in [6.07, 6.45) is -4.46. The van der Waals surface area contributed by atoms with Crippen molar-refractivity contribution < 1.29 is 27.9 Å². The van der Waals surface area contributed by atoms with Gasteiger partial charge in [0.1, 0.15) is 16.5 Å². The summed E-state index contributed by atoms with van der Waals surface area (Å²) >= 11 is 1.06. The Bertz CT molecular complexity index is 1050. The lowest BCUT2D eigenvalue weighted by Gasteiger charge is -2.07. The lowest BCUT2D eigenvalue weighted by Crippen LogP contribution is -2.34. The van der Waals surface area contributed by atoms with Gasteiger partial charge in [-0.05, 0) is 36.4 Å². The smallest absolute Gasteiger partial charge is 0.416 e. The van der Waals surface area contributed by atoms with E-state index in [0.717, 1.165) is 23.5 Å². The maximum atomic E-state index is 12.9. The topological polar surface area (TPSA) is 91.3 Å². The highest BCUT2D eigenvalue weighted by molar-refractivity contribution is 7.13. The van der Waals surface area contributed by atoms with Crippen LogP contribution in [0.25, 0.3) is 10.6 Å². The Morgan fingerprint density at radius 3 is 2.33 bits per heavy atom. The fraction of sp³-hybridized carbons (Fsp3) is 0.150. The largest absolute Gasteiger partial charge is 0.508 e. The molecule has 3 rings (SSSR count). The van der Waals surface area contributed by atoms with Gasteiger partial charge in [0.2, 0.25) is 0 Å². The molecule has 30 heavy (non-hydrogen) atoms. The first kappa shape index (κ1) is 21.3. The van der Waals surface area contributed by atoms with Gasteiger partial charge >= 0.3 is 6.18 Å². The quantitative estimate of drug-likeness (QED) is 0.515. The van der Waals surface area contributed by atoms with Crippen LogP contribution in [-0.2, 0) is 6.18 Å². The summed E-state index contributed by atoms with van der Waals surface area (Å²) in [5.41, 5.74) is -0.0674. The molecule has 0 aliphatic rings. The number of phenolic OH excluding ortho intramolecular Hbond substituents is 1. The molecule has 0 radical (unpaired) electrons. The van der Waals surface area contributed by atoms with Gasteiger partial charge in [0.25, 0.3) is 11.8 Å². The molecule has 0 aliphatic heterocycles. The molecule has 2 amide bonds. The Morgan fingerprint density at radius 1 is 1.00 bits per heavy atom. The summed E-state index contributed by atoms with van der Waals surface area (Å²) in [6.45, 7) is 0.301. The van der Waals surface area contributed by atoms with Crippen molar-refractivity contribution in [3.8, 4) is 16.3 Å². The van der Waals surface area contributed by atoms with Crippen molar-refractivity contribution in [2.75, 3.05) is 13.1 Å². The number of halogens is 3. The molecule has 6 nitrogen and oxygen atoms in total. The number of aromatic hydroxyl groups is 1. The molecular formula is C20H16F3N3O3S. The molecular weight excluding hydrogens is 419 g/mol. The van der Waals surface area contributed by atoms with Gasteiger partial charge in [0.15, 0.2) is 0 Å². The normalized spacial score (nSPS) is 11.2. The van der Waals surface area contributed by atoms with Gasteiger partial charge in [-0.2, -0.15) is 13.2 Å². The minimum atomic E-state index is -4.46. The third-order valence-electron chi connectivity index (χ3n) is 4.00. The van der Waals surface area contributed by atoms with Crippen LogP contribution in [0.3, 0.4) is 0 Å². The van der Waals surface area contributed by atoms with Gasteiger partial charge in [-0.3, -0.25) is 9.59 Å². The van der Waals surface area contributed by atoms with Crippen LogP contribution in [-0.4, -0.2) is 35.0 Å². The average Bonchev–Trinajstić information content (AvgIpc) is 3.21. The molecule has 0 bridgehead atoms. The van der Waals surface area contributed by atoms with E-state index in [2.05, 4.69) is 15.6 Å². The summed E-state index contributed by atoms with van der Waals surface area (Å²) in [5, 5.41) is 16.2. The summed E-state index contributed by atoms with van der Waals surface area (Å²) in [6, 6.07) is 10.4. The van der Waals surface area contributed by atoms with E-state index in [9.17, 15) is 27.9 Å². The molecule has 1 aromatic heterocycles. The van der Waals surface area contributed by atoms with E-state index in [1.165, 1.54) is 41.8 Å². The predicted octanol–water partition coefficient (Wildman–Crippen LogP) is 3.69. The highest BCUT2D eigenvalue weighted by Gasteiger charge is 2.30. The van der Waals surface area contributed by atoms with Crippen molar-refractivity contribution in [2.45, 2.75) is 6.18 Å². The van der Waals surface area contributed by atoms with Crippen LogP contribution in [0.5, 0.6) is 5.75 Å². The van der Waals surface area contributed by atoms with E-state index in [-0.39, 0.29) is 36.0 Å². The van der Waals surface area contributed by atoms with Crippen LogP contribution in [0.4, 0.5) is 13.2 Å². The van der Waals surface area contributed by atoms with Crippen molar-refractivity contribution in [3.63, 3.8) is 0 Å². The van der Waals surface area contributed by atoms with E-state index in [1.54, 1.807) is 0 Å². The summed E-state index contributed by atoms with van der Waals surface area (Å²) in [7, 11) is 0. The van der Waals surface area contributed by atoms with E-state index in [0.29, 0.717) is 10.6 Å².